The maximum atomic E-state index is 3.45. The molecule has 0 bridgehead atoms. The molecule has 0 aliphatic rings. The lowest BCUT2D eigenvalue weighted by molar-refractivity contribution is 0.566. The monoisotopic (exact) mass is 302 g/mol. The molecular weight excluding hydrogens is 272 g/mol. The van der Waals surface area contributed by atoms with Gasteiger partial charge in [-0.3, -0.25) is 0 Å². The summed E-state index contributed by atoms with van der Waals surface area (Å²) in [5, 5.41) is 1.13. The zero-order chi connectivity index (χ0) is 12.6. The second-order valence-electron chi connectivity index (χ2n) is 4.92. The molecule has 102 valence electrons. The first-order valence-corrected chi connectivity index (χ1v) is 8.75. The maximum absolute atomic E-state index is 3.45. The molecule has 0 nitrogen and oxygen atoms in total. The van der Waals surface area contributed by atoms with Gasteiger partial charge in [-0.1, -0.05) is 86.4 Å². The van der Waals surface area contributed by atoms with Crippen LogP contribution >= 0.6 is 15.9 Å². The van der Waals surface area contributed by atoms with Crippen molar-refractivity contribution in [1.82, 2.24) is 0 Å². The minimum Gasteiger partial charge on any atom is -0.0928 e. The summed E-state index contributed by atoms with van der Waals surface area (Å²) in [4.78, 5) is 0. The lowest BCUT2D eigenvalue weighted by Crippen LogP contribution is -1.80. The standard InChI is InChI=1S/C16H31Br/c1-2-3-4-5-6-7-8-9-10-11-12-13-14-15-16-17/h12-13H,2-11,14-16H2,1H3/b13-12-. The number of allylic oxidation sites excluding steroid dienone is 2. The van der Waals surface area contributed by atoms with Gasteiger partial charge in [0.05, 0.1) is 0 Å². The Bertz CT molecular complexity index is 152. The van der Waals surface area contributed by atoms with E-state index in [2.05, 4.69) is 35.0 Å². The van der Waals surface area contributed by atoms with Gasteiger partial charge in [0.15, 0.2) is 0 Å². The van der Waals surface area contributed by atoms with E-state index in [9.17, 15) is 0 Å². The molecule has 0 heterocycles. The average molecular weight is 303 g/mol. The molecule has 0 atom stereocenters. The third kappa shape index (κ3) is 16.2. The fourth-order valence-corrected chi connectivity index (χ4v) is 2.33. The lowest BCUT2D eigenvalue weighted by atomic mass is 10.1. The Morgan fingerprint density at radius 2 is 1.12 bits per heavy atom. The molecule has 0 rings (SSSR count). The molecule has 0 unspecified atom stereocenters. The highest BCUT2D eigenvalue weighted by molar-refractivity contribution is 9.09. The molecule has 0 spiro atoms. The van der Waals surface area contributed by atoms with Crippen molar-refractivity contribution in [2.24, 2.45) is 0 Å². The van der Waals surface area contributed by atoms with Crippen LogP contribution in [0.2, 0.25) is 0 Å². The van der Waals surface area contributed by atoms with E-state index in [1.807, 2.05) is 0 Å². The molecule has 0 aliphatic heterocycles. The van der Waals surface area contributed by atoms with Crippen LogP contribution in [-0.4, -0.2) is 5.33 Å². The SMILES string of the molecule is CCCCCCCCCCC/C=C\CCCBr. The highest BCUT2D eigenvalue weighted by Gasteiger charge is 1.91. The van der Waals surface area contributed by atoms with Crippen molar-refractivity contribution in [1.29, 1.82) is 0 Å². The van der Waals surface area contributed by atoms with Crippen LogP contribution in [0.1, 0.15) is 84.0 Å². The van der Waals surface area contributed by atoms with E-state index in [0.717, 1.165) is 5.33 Å². The summed E-state index contributed by atoms with van der Waals surface area (Å²) in [7, 11) is 0. The van der Waals surface area contributed by atoms with Gasteiger partial charge in [0.25, 0.3) is 0 Å². The third-order valence-electron chi connectivity index (χ3n) is 3.15. The highest BCUT2D eigenvalue weighted by atomic mass is 79.9. The summed E-state index contributed by atoms with van der Waals surface area (Å²) in [6.45, 7) is 2.28. The summed E-state index contributed by atoms with van der Waals surface area (Å²) in [5.74, 6) is 0. The first-order valence-electron chi connectivity index (χ1n) is 7.62. The Morgan fingerprint density at radius 1 is 0.647 bits per heavy atom. The van der Waals surface area contributed by atoms with E-state index in [-0.39, 0.29) is 0 Å². The van der Waals surface area contributed by atoms with Gasteiger partial charge in [-0.05, 0) is 25.7 Å². The smallest absolute Gasteiger partial charge is 0.00342 e. The zero-order valence-electron chi connectivity index (χ0n) is 11.7. The summed E-state index contributed by atoms with van der Waals surface area (Å²) >= 11 is 3.45. The van der Waals surface area contributed by atoms with Crippen molar-refractivity contribution in [2.75, 3.05) is 5.33 Å². The predicted octanol–water partition coefficient (Wildman–Crippen LogP) is 6.64. The van der Waals surface area contributed by atoms with Crippen LogP contribution in [0.5, 0.6) is 0 Å². The molecule has 0 aromatic carbocycles. The summed E-state index contributed by atoms with van der Waals surface area (Å²) in [6, 6.07) is 0. The van der Waals surface area contributed by atoms with E-state index in [1.165, 1.54) is 77.0 Å². The normalized spacial score (nSPS) is 11.4. The molecule has 0 amide bonds. The van der Waals surface area contributed by atoms with Crippen molar-refractivity contribution < 1.29 is 0 Å². The van der Waals surface area contributed by atoms with E-state index < -0.39 is 0 Å². The van der Waals surface area contributed by atoms with Crippen LogP contribution in [0.15, 0.2) is 12.2 Å². The molecule has 0 saturated carbocycles. The molecule has 0 N–H and O–H groups in total. The third-order valence-corrected chi connectivity index (χ3v) is 3.71. The summed E-state index contributed by atoms with van der Waals surface area (Å²) in [5.41, 5.74) is 0. The second-order valence-corrected chi connectivity index (χ2v) is 5.71. The number of halogens is 1. The van der Waals surface area contributed by atoms with Gasteiger partial charge >= 0.3 is 0 Å². The van der Waals surface area contributed by atoms with Gasteiger partial charge in [-0.25, -0.2) is 0 Å². The van der Waals surface area contributed by atoms with Crippen LogP contribution in [0.4, 0.5) is 0 Å². The quantitative estimate of drug-likeness (QED) is 0.203. The number of unbranched alkanes of at least 4 members (excludes halogenated alkanes) is 10. The van der Waals surface area contributed by atoms with E-state index in [0.29, 0.717) is 0 Å². The molecule has 0 fully saturated rings. The van der Waals surface area contributed by atoms with Gasteiger partial charge in [-0.2, -0.15) is 0 Å². The molecule has 17 heavy (non-hydrogen) atoms. The topological polar surface area (TPSA) is 0 Å². The molecule has 0 radical (unpaired) electrons. The lowest BCUT2D eigenvalue weighted by Gasteiger charge is -2.00. The highest BCUT2D eigenvalue weighted by Crippen LogP contribution is 2.10. The van der Waals surface area contributed by atoms with E-state index in [4.69, 9.17) is 0 Å². The Labute approximate surface area is 117 Å². The van der Waals surface area contributed by atoms with Gasteiger partial charge in [0.2, 0.25) is 0 Å². The molecule has 0 saturated heterocycles. The second kappa shape index (κ2) is 16.2. The Morgan fingerprint density at radius 3 is 1.65 bits per heavy atom. The Balaban J connectivity index is 2.96. The fourth-order valence-electron chi connectivity index (χ4n) is 2.00. The van der Waals surface area contributed by atoms with Crippen molar-refractivity contribution in [3.8, 4) is 0 Å². The van der Waals surface area contributed by atoms with Gasteiger partial charge in [-0.15, -0.1) is 0 Å². The minimum atomic E-state index is 1.13. The number of hydrogen-bond donors (Lipinski definition) is 0. The van der Waals surface area contributed by atoms with Crippen LogP contribution in [0, 0.1) is 0 Å². The molecule has 0 aliphatic carbocycles. The fraction of sp³-hybridized carbons (Fsp3) is 0.875. The predicted molar refractivity (Wildman–Crippen MR) is 84.0 cm³/mol. The largest absolute Gasteiger partial charge is 0.0928 e. The van der Waals surface area contributed by atoms with Crippen LogP contribution in [0.25, 0.3) is 0 Å². The number of alkyl halides is 1. The molecular formula is C16H31Br. The van der Waals surface area contributed by atoms with Crippen molar-refractivity contribution >= 4 is 15.9 Å². The van der Waals surface area contributed by atoms with Crippen LogP contribution < -0.4 is 0 Å². The van der Waals surface area contributed by atoms with Crippen molar-refractivity contribution in [3.05, 3.63) is 12.2 Å². The van der Waals surface area contributed by atoms with Gasteiger partial charge in [0, 0.05) is 5.33 Å². The van der Waals surface area contributed by atoms with Crippen LogP contribution in [-0.2, 0) is 0 Å². The van der Waals surface area contributed by atoms with Crippen LogP contribution in [0.3, 0.4) is 0 Å². The number of rotatable bonds is 13. The minimum absolute atomic E-state index is 1.13. The zero-order valence-corrected chi connectivity index (χ0v) is 13.3. The van der Waals surface area contributed by atoms with E-state index in [1.54, 1.807) is 0 Å². The first-order chi connectivity index (χ1) is 8.41. The molecule has 0 aromatic heterocycles. The Hall–Kier alpha value is 0.220. The summed E-state index contributed by atoms with van der Waals surface area (Å²) < 4.78 is 0. The summed E-state index contributed by atoms with van der Waals surface area (Å²) in [6.07, 6.45) is 21.4. The first kappa shape index (κ1) is 17.2. The van der Waals surface area contributed by atoms with Gasteiger partial charge in [0.1, 0.15) is 0 Å². The molecule has 0 aromatic rings. The average Bonchev–Trinajstić information content (AvgIpc) is 2.35. The van der Waals surface area contributed by atoms with Gasteiger partial charge < -0.3 is 0 Å². The van der Waals surface area contributed by atoms with E-state index >= 15 is 0 Å². The number of hydrogen-bond acceptors (Lipinski definition) is 0. The van der Waals surface area contributed by atoms with Crippen molar-refractivity contribution in [3.63, 3.8) is 0 Å². The van der Waals surface area contributed by atoms with Crippen molar-refractivity contribution in [2.45, 2.75) is 84.0 Å². The molecule has 1 heteroatoms. The Kier molecular flexibility index (Phi) is 16.4. The maximum Gasteiger partial charge on any atom is 0.00342 e.